The van der Waals surface area contributed by atoms with Gasteiger partial charge in [0.2, 0.25) is 0 Å². The Labute approximate surface area is 282 Å². The van der Waals surface area contributed by atoms with Gasteiger partial charge < -0.3 is 8.98 Å². The Bertz CT molecular complexity index is 3020. The molecular weight excluding hydrogens is 595 g/mol. The molecule has 10 aromatic rings. The summed E-state index contributed by atoms with van der Waals surface area (Å²) >= 11 is 0. The SMILES string of the molecule is c1ccc2c(c1)-c1ccccc1C21c2ccccc2-c2cc3c(cc21)oc1c(-n2c4ccccc4c4c5ccccc5ccc42)cccc13. The fourth-order valence-electron chi connectivity index (χ4n) is 9.54. The lowest BCUT2D eigenvalue weighted by Gasteiger charge is -2.30. The molecule has 0 unspecified atom stereocenters. The molecule has 2 nitrogen and oxygen atoms in total. The van der Waals surface area contributed by atoms with Crippen LogP contribution in [0.15, 0.2) is 168 Å². The number of hydrogen-bond acceptors (Lipinski definition) is 1. The molecule has 0 saturated carbocycles. The van der Waals surface area contributed by atoms with Crippen molar-refractivity contribution in [3.8, 4) is 27.9 Å². The van der Waals surface area contributed by atoms with E-state index in [2.05, 4.69) is 168 Å². The highest BCUT2D eigenvalue weighted by Crippen LogP contribution is 2.63. The van der Waals surface area contributed by atoms with Gasteiger partial charge >= 0.3 is 0 Å². The Hall–Kier alpha value is -6.38. The first-order chi connectivity index (χ1) is 24.3. The van der Waals surface area contributed by atoms with E-state index in [9.17, 15) is 0 Å². The van der Waals surface area contributed by atoms with Gasteiger partial charge in [-0.2, -0.15) is 0 Å². The van der Waals surface area contributed by atoms with Crippen molar-refractivity contribution in [3.63, 3.8) is 0 Å². The van der Waals surface area contributed by atoms with Gasteiger partial charge in [0.1, 0.15) is 5.58 Å². The van der Waals surface area contributed by atoms with E-state index in [0.29, 0.717) is 0 Å². The molecule has 226 valence electrons. The summed E-state index contributed by atoms with van der Waals surface area (Å²) < 4.78 is 9.47. The Morgan fingerprint density at radius 2 is 1.02 bits per heavy atom. The third-order valence-electron chi connectivity index (χ3n) is 11.4. The first-order valence-corrected chi connectivity index (χ1v) is 17.0. The van der Waals surface area contributed by atoms with Gasteiger partial charge in [0.25, 0.3) is 0 Å². The van der Waals surface area contributed by atoms with Crippen LogP contribution in [-0.4, -0.2) is 4.57 Å². The predicted molar refractivity (Wildman–Crippen MR) is 202 cm³/mol. The average Bonchev–Trinajstić information content (AvgIpc) is 3.87. The number of nitrogens with zero attached hydrogens (tertiary/aromatic N) is 1. The third kappa shape index (κ3) is 3.00. The van der Waals surface area contributed by atoms with E-state index in [1.165, 1.54) is 77.1 Å². The van der Waals surface area contributed by atoms with Crippen molar-refractivity contribution in [1.82, 2.24) is 4.57 Å². The van der Waals surface area contributed by atoms with Crippen molar-refractivity contribution in [2.24, 2.45) is 0 Å². The molecule has 0 aliphatic heterocycles. The van der Waals surface area contributed by atoms with Gasteiger partial charge in [-0.05, 0) is 85.6 Å². The molecule has 0 amide bonds. The van der Waals surface area contributed by atoms with Crippen LogP contribution in [0.5, 0.6) is 0 Å². The summed E-state index contributed by atoms with van der Waals surface area (Å²) in [5, 5.41) is 7.32. The number of rotatable bonds is 1. The lowest BCUT2D eigenvalue weighted by atomic mass is 9.70. The maximum atomic E-state index is 7.07. The van der Waals surface area contributed by atoms with Crippen molar-refractivity contribution < 1.29 is 4.42 Å². The van der Waals surface area contributed by atoms with Crippen LogP contribution in [0.2, 0.25) is 0 Å². The Morgan fingerprint density at radius 3 is 1.78 bits per heavy atom. The summed E-state index contributed by atoms with van der Waals surface area (Å²) in [6.07, 6.45) is 0. The van der Waals surface area contributed by atoms with Gasteiger partial charge in [0.15, 0.2) is 5.58 Å². The monoisotopic (exact) mass is 621 g/mol. The normalized spacial score (nSPS) is 13.9. The second kappa shape index (κ2) is 8.94. The zero-order valence-corrected chi connectivity index (χ0v) is 26.4. The molecule has 49 heavy (non-hydrogen) atoms. The number of para-hydroxylation sites is 2. The van der Waals surface area contributed by atoms with Gasteiger partial charge in [-0.1, -0.05) is 133 Å². The summed E-state index contributed by atoms with van der Waals surface area (Å²) in [5.41, 5.74) is 15.4. The van der Waals surface area contributed by atoms with Crippen LogP contribution in [0.4, 0.5) is 0 Å². The Morgan fingerprint density at radius 1 is 0.408 bits per heavy atom. The fraction of sp³-hybridized carbons (Fsp3) is 0.0213. The minimum absolute atomic E-state index is 0.400. The molecular formula is C47H27NO. The summed E-state index contributed by atoms with van der Waals surface area (Å²) in [6, 6.07) is 60.2. The molecule has 12 rings (SSSR count). The van der Waals surface area contributed by atoms with Crippen molar-refractivity contribution in [2.75, 3.05) is 0 Å². The number of fused-ring (bicyclic) bond motifs is 18. The molecule has 0 bridgehead atoms. The van der Waals surface area contributed by atoms with Gasteiger partial charge in [-0.3, -0.25) is 0 Å². The standard InChI is InChI=1S/C47H27NO/c1-2-13-29-28(12-1)24-25-42-45(29)34-17-6-10-22-41(34)48(42)43-23-11-18-33-36-26-35-32-16-5-9-21-39(32)47(40(35)27-44(36)49-46(33)43)37-19-7-3-14-30(37)31-15-4-8-20-38(31)47/h1-27H. The highest BCUT2D eigenvalue weighted by Gasteiger charge is 2.51. The van der Waals surface area contributed by atoms with Crippen molar-refractivity contribution >= 4 is 54.5 Å². The van der Waals surface area contributed by atoms with Crippen molar-refractivity contribution in [3.05, 3.63) is 186 Å². The molecule has 0 atom stereocenters. The second-order valence-corrected chi connectivity index (χ2v) is 13.6. The number of aromatic nitrogens is 1. The van der Waals surface area contributed by atoms with Gasteiger partial charge in [0, 0.05) is 21.5 Å². The maximum absolute atomic E-state index is 7.07. The summed E-state index contributed by atoms with van der Waals surface area (Å²) in [5.74, 6) is 0. The van der Waals surface area contributed by atoms with E-state index in [0.717, 1.165) is 27.6 Å². The molecule has 0 radical (unpaired) electrons. The summed E-state index contributed by atoms with van der Waals surface area (Å²) in [4.78, 5) is 0. The van der Waals surface area contributed by atoms with Crippen LogP contribution in [-0.2, 0) is 5.41 Å². The lowest BCUT2D eigenvalue weighted by Crippen LogP contribution is -2.25. The van der Waals surface area contributed by atoms with E-state index < -0.39 is 5.41 Å². The second-order valence-electron chi connectivity index (χ2n) is 13.6. The minimum atomic E-state index is -0.400. The van der Waals surface area contributed by atoms with E-state index >= 15 is 0 Å². The molecule has 0 N–H and O–H groups in total. The summed E-state index contributed by atoms with van der Waals surface area (Å²) in [6.45, 7) is 0. The van der Waals surface area contributed by atoms with Crippen LogP contribution in [0, 0.1) is 0 Å². The largest absolute Gasteiger partial charge is 0.454 e. The quantitative estimate of drug-likeness (QED) is 0.178. The molecule has 0 saturated heterocycles. The average molecular weight is 622 g/mol. The molecule has 2 heteroatoms. The van der Waals surface area contributed by atoms with Gasteiger partial charge in [-0.25, -0.2) is 0 Å². The highest BCUT2D eigenvalue weighted by molar-refractivity contribution is 6.22. The Balaban J connectivity index is 1.19. The first-order valence-electron chi connectivity index (χ1n) is 17.0. The van der Waals surface area contributed by atoms with Crippen molar-refractivity contribution in [1.29, 1.82) is 0 Å². The smallest absolute Gasteiger partial charge is 0.159 e. The van der Waals surface area contributed by atoms with Gasteiger partial charge in [0.05, 0.1) is 22.1 Å². The Kier molecular flexibility index (Phi) is 4.69. The minimum Gasteiger partial charge on any atom is -0.454 e. The van der Waals surface area contributed by atoms with Crippen LogP contribution in [0.3, 0.4) is 0 Å². The van der Waals surface area contributed by atoms with E-state index in [1.807, 2.05) is 0 Å². The predicted octanol–water partition coefficient (Wildman–Crippen LogP) is 12.2. The number of hydrogen-bond donors (Lipinski definition) is 0. The van der Waals surface area contributed by atoms with Crippen LogP contribution >= 0.6 is 0 Å². The zero-order chi connectivity index (χ0) is 31.8. The third-order valence-corrected chi connectivity index (χ3v) is 11.4. The summed E-state index contributed by atoms with van der Waals surface area (Å²) in [7, 11) is 0. The van der Waals surface area contributed by atoms with E-state index in [-0.39, 0.29) is 0 Å². The van der Waals surface area contributed by atoms with Crippen LogP contribution in [0.1, 0.15) is 22.3 Å². The fourth-order valence-corrected chi connectivity index (χ4v) is 9.54. The lowest BCUT2D eigenvalue weighted by molar-refractivity contribution is 0.664. The van der Waals surface area contributed by atoms with Crippen LogP contribution in [0.25, 0.3) is 82.5 Å². The highest BCUT2D eigenvalue weighted by atomic mass is 16.3. The molecule has 1 spiro atoms. The maximum Gasteiger partial charge on any atom is 0.159 e. The van der Waals surface area contributed by atoms with E-state index in [4.69, 9.17) is 4.42 Å². The molecule has 2 aliphatic carbocycles. The number of benzene rings is 8. The number of furan rings is 1. The molecule has 8 aromatic carbocycles. The van der Waals surface area contributed by atoms with Crippen LogP contribution < -0.4 is 0 Å². The van der Waals surface area contributed by atoms with Gasteiger partial charge in [-0.15, -0.1) is 0 Å². The topological polar surface area (TPSA) is 18.1 Å². The molecule has 2 heterocycles. The molecule has 2 aromatic heterocycles. The molecule has 2 aliphatic rings. The van der Waals surface area contributed by atoms with E-state index in [1.54, 1.807) is 0 Å². The molecule has 0 fully saturated rings. The first kappa shape index (κ1) is 25.7. The zero-order valence-electron chi connectivity index (χ0n) is 26.4. The van der Waals surface area contributed by atoms with Crippen molar-refractivity contribution in [2.45, 2.75) is 5.41 Å².